The number of methoxy groups -OCH3 is 1. The van der Waals surface area contributed by atoms with Gasteiger partial charge in [0.1, 0.15) is 5.75 Å². The Morgan fingerprint density at radius 1 is 1.35 bits per heavy atom. The van der Waals surface area contributed by atoms with E-state index in [4.69, 9.17) is 4.74 Å². The van der Waals surface area contributed by atoms with Crippen LogP contribution in [-0.4, -0.2) is 26.6 Å². The summed E-state index contributed by atoms with van der Waals surface area (Å²) in [5, 5.41) is 5.83. The molecule has 0 radical (unpaired) electrons. The predicted molar refractivity (Wildman–Crippen MR) is 69.6 cm³/mol. The van der Waals surface area contributed by atoms with Gasteiger partial charge in [-0.15, -0.1) is 0 Å². The minimum atomic E-state index is 0.00774. The molecule has 0 fully saturated rings. The fourth-order valence-electron chi connectivity index (χ4n) is 1.73. The fourth-order valence-corrected chi connectivity index (χ4v) is 1.73. The van der Waals surface area contributed by atoms with Crippen molar-refractivity contribution in [2.45, 2.75) is 20.3 Å². The highest BCUT2D eigenvalue weighted by Crippen LogP contribution is 2.29. The highest BCUT2D eigenvalue weighted by atomic mass is 16.5. The summed E-state index contributed by atoms with van der Waals surface area (Å²) in [4.78, 5) is 11.6. The zero-order valence-corrected chi connectivity index (χ0v) is 10.9. The van der Waals surface area contributed by atoms with Crippen LogP contribution in [0.1, 0.15) is 17.5 Å². The quantitative estimate of drug-likeness (QED) is 0.820. The number of anilines is 1. The van der Waals surface area contributed by atoms with Crippen molar-refractivity contribution in [2.24, 2.45) is 0 Å². The molecule has 0 aliphatic carbocycles. The van der Waals surface area contributed by atoms with E-state index in [1.54, 1.807) is 7.11 Å². The molecule has 1 amide bonds. The van der Waals surface area contributed by atoms with Crippen molar-refractivity contribution in [1.82, 2.24) is 5.32 Å². The average Bonchev–Trinajstić information content (AvgIpc) is 2.31. The normalized spacial score (nSPS) is 10.1. The van der Waals surface area contributed by atoms with E-state index in [0.717, 1.165) is 22.6 Å². The van der Waals surface area contributed by atoms with Gasteiger partial charge in [-0.1, -0.05) is 6.07 Å². The molecular formula is C13H20N2O2. The molecule has 0 heterocycles. The minimum absolute atomic E-state index is 0.00774. The number of rotatable bonds is 5. The third kappa shape index (κ3) is 3.46. The van der Waals surface area contributed by atoms with E-state index in [1.165, 1.54) is 0 Å². The molecule has 2 N–H and O–H groups in total. The van der Waals surface area contributed by atoms with Gasteiger partial charge >= 0.3 is 0 Å². The molecule has 0 spiro atoms. The van der Waals surface area contributed by atoms with Crippen LogP contribution in [0.2, 0.25) is 0 Å². The Balaban J connectivity index is 2.81. The second-order valence-corrected chi connectivity index (χ2v) is 3.99. The number of ether oxygens (including phenoxy) is 1. The molecule has 0 saturated heterocycles. The molecule has 0 atom stereocenters. The van der Waals surface area contributed by atoms with Crippen molar-refractivity contribution in [3.05, 3.63) is 23.3 Å². The van der Waals surface area contributed by atoms with Gasteiger partial charge in [0.05, 0.1) is 7.11 Å². The molecule has 1 aromatic carbocycles. The molecule has 94 valence electrons. The van der Waals surface area contributed by atoms with Crippen LogP contribution in [0, 0.1) is 13.8 Å². The number of hydrogen-bond donors (Lipinski definition) is 2. The van der Waals surface area contributed by atoms with E-state index < -0.39 is 0 Å². The Bertz CT molecular complexity index is 403. The second-order valence-electron chi connectivity index (χ2n) is 3.99. The molecular weight excluding hydrogens is 216 g/mol. The summed E-state index contributed by atoms with van der Waals surface area (Å²) < 4.78 is 5.32. The van der Waals surface area contributed by atoms with Crippen LogP contribution < -0.4 is 15.4 Å². The van der Waals surface area contributed by atoms with Gasteiger partial charge in [0.15, 0.2) is 0 Å². The SMILES string of the molecule is CNCCC(=O)Nc1ccc(C)c(OC)c1C. The molecule has 0 aliphatic rings. The van der Waals surface area contributed by atoms with Crippen molar-refractivity contribution in [3.8, 4) is 5.75 Å². The van der Waals surface area contributed by atoms with E-state index in [1.807, 2.05) is 33.0 Å². The monoisotopic (exact) mass is 236 g/mol. The van der Waals surface area contributed by atoms with Crippen molar-refractivity contribution >= 4 is 11.6 Å². The molecule has 0 bridgehead atoms. The number of nitrogens with one attached hydrogen (secondary N) is 2. The maximum absolute atomic E-state index is 11.6. The van der Waals surface area contributed by atoms with E-state index in [9.17, 15) is 4.79 Å². The molecule has 0 saturated carbocycles. The van der Waals surface area contributed by atoms with Gasteiger partial charge in [-0.2, -0.15) is 0 Å². The maximum atomic E-state index is 11.6. The number of carbonyl (C=O) groups excluding carboxylic acids is 1. The first-order valence-electron chi connectivity index (χ1n) is 5.68. The molecule has 0 aliphatic heterocycles. The smallest absolute Gasteiger partial charge is 0.225 e. The summed E-state index contributed by atoms with van der Waals surface area (Å²) in [5.74, 6) is 0.838. The summed E-state index contributed by atoms with van der Waals surface area (Å²) >= 11 is 0. The van der Waals surface area contributed by atoms with E-state index >= 15 is 0 Å². The average molecular weight is 236 g/mol. The van der Waals surface area contributed by atoms with Crippen LogP contribution in [0.25, 0.3) is 0 Å². The van der Waals surface area contributed by atoms with Crippen LogP contribution in [0.15, 0.2) is 12.1 Å². The fraction of sp³-hybridized carbons (Fsp3) is 0.462. The Hall–Kier alpha value is -1.55. The number of carbonyl (C=O) groups is 1. The van der Waals surface area contributed by atoms with Crippen LogP contribution in [0.5, 0.6) is 5.75 Å². The summed E-state index contributed by atoms with van der Waals surface area (Å²) in [6, 6.07) is 3.85. The van der Waals surface area contributed by atoms with Gasteiger partial charge in [-0.3, -0.25) is 4.79 Å². The van der Waals surface area contributed by atoms with Crippen molar-refractivity contribution in [3.63, 3.8) is 0 Å². The lowest BCUT2D eigenvalue weighted by molar-refractivity contribution is -0.116. The highest BCUT2D eigenvalue weighted by Gasteiger charge is 2.09. The lowest BCUT2D eigenvalue weighted by Gasteiger charge is -2.13. The third-order valence-electron chi connectivity index (χ3n) is 2.68. The molecule has 1 aromatic rings. The lowest BCUT2D eigenvalue weighted by atomic mass is 10.1. The first kappa shape index (κ1) is 13.5. The maximum Gasteiger partial charge on any atom is 0.225 e. The van der Waals surface area contributed by atoms with Crippen LogP contribution >= 0.6 is 0 Å². The van der Waals surface area contributed by atoms with Crippen molar-refractivity contribution in [2.75, 3.05) is 26.0 Å². The summed E-state index contributed by atoms with van der Waals surface area (Å²) in [5.41, 5.74) is 2.84. The van der Waals surface area contributed by atoms with Crippen molar-refractivity contribution < 1.29 is 9.53 Å². The Labute approximate surface area is 102 Å². The van der Waals surface area contributed by atoms with E-state index in [0.29, 0.717) is 13.0 Å². The zero-order chi connectivity index (χ0) is 12.8. The molecule has 1 rings (SSSR count). The Morgan fingerprint density at radius 2 is 2.06 bits per heavy atom. The topological polar surface area (TPSA) is 50.4 Å². The van der Waals surface area contributed by atoms with Crippen LogP contribution in [0.3, 0.4) is 0 Å². The minimum Gasteiger partial charge on any atom is -0.496 e. The van der Waals surface area contributed by atoms with E-state index in [-0.39, 0.29) is 5.91 Å². The molecule has 4 nitrogen and oxygen atoms in total. The van der Waals surface area contributed by atoms with Gasteiger partial charge in [0.2, 0.25) is 5.91 Å². The second kappa shape index (κ2) is 6.25. The van der Waals surface area contributed by atoms with Crippen molar-refractivity contribution in [1.29, 1.82) is 0 Å². The molecule has 0 unspecified atom stereocenters. The standard InChI is InChI=1S/C13H20N2O2/c1-9-5-6-11(10(2)13(9)17-4)15-12(16)7-8-14-3/h5-6,14H,7-8H2,1-4H3,(H,15,16). The third-order valence-corrected chi connectivity index (χ3v) is 2.68. The van der Waals surface area contributed by atoms with Gasteiger partial charge in [-0.25, -0.2) is 0 Å². The van der Waals surface area contributed by atoms with Crippen LogP contribution in [-0.2, 0) is 4.79 Å². The van der Waals surface area contributed by atoms with E-state index in [2.05, 4.69) is 10.6 Å². The number of hydrogen-bond acceptors (Lipinski definition) is 3. The molecule has 0 aromatic heterocycles. The van der Waals surface area contributed by atoms with Gasteiger partial charge in [0, 0.05) is 24.2 Å². The van der Waals surface area contributed by atoms with Gasteiger partial charge in [-0.05, 0) is 32.5 Å². The summed E-state index contributed by atoms with van der Waals surface area (Å²) in [7, 11) is 3.47. The van der Waals surface area contributed by atoms with Crippen LogP contribution in [0.4, 0.5) is 5.69 Å². The zero-order valence-electron chi connectivity index (χ0n) is 10.9. The Morgan fingerprint density at radius 3 is 2.65 bits per heavy atom. The van der Waals surface area contributed by atoms with Gasteiger partial charge < -0.3 is 15.4 Å². The molecule has 4 heteroatoms. The van der Waals surface area contributed by atoms with Gasteiger partial charge in [0.25, 0.3) is 0 Å². The number of amides is 1. The first-order valence-corrected chi connectivity index (χ1v) is 5.68. The first-order chi connectivity index (χ1) is 8.10. The number of benzene rings is 1. The predicted octanol–water partition coefficient (Wildman–Crippen LogP) is 1.86. The Kier molecular flexibility index (Phi) is 4.97. The highest BCUT2D eigenvalue weighted by molar-refractivity contribution is 5.92. The lowest BCUT2D eigenvalue weighted by Crippen LogP contribution is -2.19. The summed E-state index contributed by atoms with van der Waals surface area (Å²) in [6.45, 7) is 4.60. The number of aryl methyl sites for hydroxylation is 1. The summed E-state index contributed by atoms with van der Waals surface area (Å²) in [6.07, 6.45) is 0.464. The largest absolute Gasteiger partial charge is 0.496 e. The molecule has 17 heavy (non-hydrogen) atoms.